The topological polar surface area (TPSA) is 52.3 Å². The third-order valence-electron chi connectivity index (χ3n) is 2.02. The van der Waals surface area contributed by atoms with Gasteiger partial charge in [-0.3, -0.25) is 0 Å². The lowest BCUT2D eigenvalue weighted by atomic mass is 10.1. The van der Waals surface area contributed by atoms with Crippen molar-refractivity contribution in [3.8, 4) is 5.75 Å². The van der Waals surface area contributed by atoms with Crippen LogP contribution in [0.3, 0.4) is 0 Å². The highest BCUT2D eigenvalue weighted by Gasteiger charge is 2.01. The second kappa shape index (κ2) is 3.38. The number of benzene rings is 2. The summed E-state index contributed by atoms with van der Waals surface area (Å²) in [5.41, 5.74) is 6.31. The van der Waals surface area contributed by atoms with Gasteiger partial charge in [-0.25, -0.2) is 4.79 Å². The quantitative estimate of drug-likeness (QED) is 0.728. The van der Waals surface area contributed by atoms with Gasteiger partial charge in [-0.1, -0.05) is 12.1 Å². The van der Waals surface area contributed by atoms with Gasteiger partial charge in [0.2, 0.25) is 0 Å². The molecule has 2 aromatic rings. The SMILES string of the molecule is Nc1ccc2c(O[C]=O)cccc2c1. The molecule has 0 aromatic heterocycles. The summed E-state index contributed by atoms with van der Waals surface area (Å²) in [6.07, 6.45) is 0. The molecule has 0 saturated heterocycles. The summed E-state index contributed by atoms with van der Waals surface area (Å²) in [6, 6.07) is 10.8. The van der Waals surface area contributed by atoms with Crippen LogP contribution in [0.5, 0.6) is 5.75 Å². The molecular formula is C11H8NO2. The van der Waals surface area contributed by atoms with E-state index in [1.54, 1.807) is 18.2 Å². The standard InChI is InChI=1S/C11H8NO2/c12-9-4-5-10-8(6-9)2-1-3-11(10)14-7-13/h1-6H,12H2. The van der Waals surface area contributed by atoms with Crippen LogP contribution in [0.2, 0.25) is 0 Å². The Balaban J connectivity index is 2.68. The zero-order chi connectivity index (χ0) is 9.97. The van der Waals surface area contributed by atoms with Crippen molar-refractivity contribution in [1.29, 1.82) is 0 Å². The molecule has 0 aliphatic carbocycles. The van der Waals surface area contributed by atoms with E-state index in [0.717, 1.165) is 10.8 Å². The van der Waals surface area contributed by atoms with Crippen molar-refractivity contribution in [2.75, 3.05) is 5.73 Å². The van der Waals surface area contributed by atoms with E-state index in [4.69, 9.17) is 10.5 Å². The average molecular weight is 186 g/mol. The Morgan fingerprint density at radius 3 is 2.86 bits per heavy atom. The summed E-state index contributed by atoms with van der Waals surface area (Å²) < 4.78 is 4.71. The number of hydrogen-bond donors (Lipinski definition) is 1. The number of hydrogen-bond acceptors (Lipinski definition) is 3. The molecule has 2 N–H and O–H groups in total. The molecule has 0 aliphatic rings. The molecule has 2 aromatic carbocycles. The minimum Gasteiger partial charge on any atom is -0.417 e. The van der Waals surface area contributed by atoms with Crippen LogP contribution in [0.25, 0.3) is 10.8 Å². The van der Waals surface area contributed by atoms with Crippen molar-refractivity contribution < 1.29 is 9.53 Å². The third-order valence-corrected chi connectivity index (χ3v) is 2.02. The monoisotopic (exact) mass is 186 g/mol. The van der Waals surface area contributed by atoms with Gasteiger partial charge in [-0.05, 0) is 29.7 Å². The van der Waals surface area contributed by atoms with E-state index in [-0.39, 0.29) is 0 Å². The average Bonchev–Trinajstić information content (AvgIpc) is 2.18. The number of nitrogen functional groups attached to an aromatic ring is 1. The number of anilines is 1. The predicted octanol–water partition coefficient (Wildman–Crippen LogP) is 1.87. The Morgan fingerprint density at radius 2 is 2.07 bits per heavy atom. The first-order valence-corrected chi connectivity index (χ1v) is 4.13. The molecule has 3 heteroatoms. The molecule has 0 amide bonds. The summed E-state index contributed by atoms with van der Waals surface area (Å²) in [6.45, 7) is 1.41. The normalized spacial score (nSPS) is 10.0. The third kappa shape index (κ3) is 1.40. The summed E-state index contributed by atoms with van der Waals surface area (Å²) in [5.74, 6) is 0.498. The van der Waals surface area contributed by atoms with E-state index < -0.39 is 0 Å². The minimum absolute atomic E-state index is 0.498. The molecule has 69 valence electrons. The van der Waals surface area contributed by atoms with E-state index in [0.29, 0.717) is 11.4 Å². The van der Waals surface area contributed by atoms with E-state index in [2.05, 4.69) is 0 Å². The minimum atomic E-state index is 0.498. The van der Waals surface area contributed by atoms with Gasteiger partial charge < -0.3 is 10.5 Å². The lowest BCUT2D eigenvalue weighted by molar-refractivity contribution is 0.445. The highest BCUT2D eigenvalue weighted by molar-refractivity contribution is 5.91. The predicted molar refractivity (Wildman–Crippen MR) is 54.7 cm³/mol. The zero-order valence-electron chi connectivity index (χ0n) is 7.36. The van der Waals surface area contributed by atoms with Crippen LogP contribution in [-0.2, 0) is 4.79 Å². The van der Waals surface area contributed by atoms with Crippen LogP contribution >= 0.6 is 0 Å². The molecule has 14 heavy (non-hydrogen) atoms. The Morgan fingerprint density at radius 1 is 1.21 bits per heavy atom. The van der Waals surface area contributed by atoms with E-state index >= 15 is 0 Å². The highest BCUT2D eigenvalue weighted by atomic mass is 16.5. The molecule has 0 saturated carbocycles. The van der Waals surface area contributed by atoms with Crippen molar-refractivity contribution >= 4 is 22.9 Å². The molecule has 0 aliphatic heterocycles. The largest absolute Gasteiger partial charge is 0.423 e. The number of carbonyl (C=O) groups excluding carboxylic acids is 1. The number of ether oxygens (including phenoxy) is 1. The van der Waals surface area contributed by atoms with Crippen LogP contribution in [0.15, 0.2) is 36.4 Å². The van der Waals surface area contributed by atoms with Gasteiger partial charge in [0.15, 0.2) is 0 Å². The molecular weight excluding hydrogens is 178 g/mol. The molecule has 0 atom stereocenters. The molecule has 0 unspecified atom stereocenters. The lowest BCUT2D eigenvalue weighted by Crippen LogP contribution is -1.90. The van der Waals surface area contributed by atoms with E-state index in [9.17, 15) is 4.79 Å². The number of nitrogens with two attached hydrogens (primary N) is 1. The van der Waals surface area contributed by atoms with Gasteiger partial charge in [0.25, 0.3) is 0 Å². The Bertz CT molecular complexity index is 480. The fourth-order valence-corrected chi connectivity index (χ4v) is 1.41. The fraction of sp³-hybridized carbons (Fsp3) is 0. The Hall–Kier alpha value is -2.03. The highest BCUT2D eigenvalue weighted by Crippen LogP contribution is 2.26. The van der Waals surface area contributed by atoms with Gasteiger partial charge in [0.1, 0.15) is 5.75 Å². The first-order valence-electron chi connectivity index (χ1n) is 4.13. The van der Waals surface area contributed by atoms with Crippen LogP contribution < -0.4 is 10.5 Å². The lowest BCUT2D eigenvalue weighted by Gasteiger charge is -2.03. The smallest absolute Gasteiger partial charge is 0.417 e. The van der Waals surface area contributed by atoms with Crippen LogP contribution in [0, 0.1) is 0 Å². The van der Waals surface area contributed by atoms with E-state index in [1.165, 1.54) is 6.47 Å². The summed E-state index contributed by atoms with van der Waals surface area (Å²) >= 11 is 0. The number of fused-ring (bicyclic) bond motifs is 1. The molecule has 0 spiro atoms. The van der Waals surface area contributed by atoms with Crippen LogP contribution in [-0.4, -0.2) is 6.47 Å². The van der Waals surface area contributed by atoms with Gasteiger partial charge in [-0.15, -0.1) is 0 Å². The molecule has 1 radical (unpaired) electrons. The maximum Gasteiger partial charge on any atom is 0.423 e. The summed E-state index contributed by atoms with van der Waals surface area (Å²) in [5, 5.41) is 1.79. The number of rotatable bonds is 2. The summed E-state index contributed by atoms with van der Waals surface area (Å²) in [7, 11) is 0. The van der Waals surface area contributed by atoms with Gasteiger partial charge in [0.05, 0.1) is 0 Å². The first-order chi connectivity index (χ1) is 6.81. The van der Waals surface area contributed by atoms with Crippen LogP contribution in [0.1, 0.15) is 0 Å². The molecule has 0 heterocycles. The fourth-order valence-electron chi connectivity index (χ4n) is 1.41. The Kier molecular flexibility index (Phi) is 2.07. The van der Waals surface area contributed by atoms with Crippen molar-refractivity contribution in [2.45, 2.75) is 0 Å². The molecule has 3 nitrogen and oxygen atoms in total. The maximum atomic E-state index is 10.1. The molecule has 0 fully saturated rings. The van der Waals surface area contributed by atoms with Crippen LogP contribution in [0.4, 0.5) is 5.69 Å². The van der Waals surface area contributed by atoms with Crippen molar-refractivity contribution in [3.05, 3.63) is 36.4 Å². The summed E-state index contributed by atoms with van der Waals surface area (Å²) in [4.78, 5) is 10.1. The van der Waals surface area contributed by atoms with Crippen molar-refractivity contribution in [1.82, 2.24) is 0 Å². The van der Waals surface area contributed by atoms with Crippen molar-refractivity contribution in [2.24, 2.45) is 0 Å². The maximum absolute atomic E-state index is 10.1. The zero-order valence-corrected chi connectivity index (χ0v) is 7.36. The molecule has 2 rings (SSSR count). The molecule has 0 bridgehead atoms. The Labute approximate surface area is 81.1 Å². The van der Waals surface area contributed by atoms with E-state index in [1.807, 2.05) is 18.2 Å². The van der Waals surface area contributed by atoms with Gasteiger partial charge >= 0.3 is 6.47 Å². The van der Waals surface area contributed by atoms with Gasteiger partial charge in [-0.2, -0.15) is 0 Å². The first kappa shape index (κ1) is 8.56. The second-order valence-electron chi connectivity index (χ2n) is 2.92. The second-order valence-corrected chi connectivity index (χ2v) is 2.92. The van der Waals surface area contributed by atoms with Crippen molar-refractivity contribution in [3.63, 3.8) is 0 Å². The van der Waals surface area contributed by atoms with Gasteiger partial charge in [0, 0.05) is 11.1 Å².